The van der Waals surface area contributed by atoms with Crippen molar-refractivity contribution in [2.75, 3.05) is 0 Å². The Kier molecular flexibility index (Phi) is 4.76. The summed E-state index contributed by atoms with van der Waals surface area (Å²) < 4.78 is 0. The summed E-state index contributed by atoms with van der Waals surface area (Å²) in [4.78, 5) is 4.13. The van der Waals surface area contributed by atoms with Crippen LogP contribution >= 0.6 is 0 Å². The first-order chi connectivity index (χ1) is 7.09. The molecule has 0 saturated carbocycles. The third kappa shape index (κ3) is 4.43. The minimum Gasteiger partial charge on any atom is -0.308 e. The molecule has 1 rings (SSSR count). The van der Waals surface area contributed by atoms with Crippen LogP contribution in [0.5, 0.6) is 0 Å². The highest BCUT2D eigenvalue weighted by molar-refractivity contribution is 5.12. The first-order valence-electron chi connectivity index (χ1n) is 5.75. The molecule has 2 heteroatoms. The molecule has 84 valence electrons. The summed E-state index contributed by atoms with van der Waals surface area (Å²) in [6.07, 6.45) is 4.96. The van der Waals surface area contributed by atoms with Gasteiger partial charge >= 0.3 is 0 Å². The van der Waals surface area contributed by atoms with Gasteiger partial charge in [0, 0.05) is 24.5 Å². The predicted molar refractivity (Wildman–Crippen MR) is 64.7 cm³/mol. The van der Waals surface area contributed by atoms with Crippen molar-refractivity contribution in [2.24, 2.45) is 5.92 Å². The highest BCUT2D eigenvalue weighted by atomic mass is 14.9. The van der Waals surface area contributed by atoms with Gasteiger partial charge in [-0.25, -0.2) is 0 Å². The zero-order chi connectivity index (χ0) is 11.3. The van der Waals surface area contributed by atoms with E-state index in [0.29, 0.717) is 12.1 Å². The maximum atomic E-state index is 4.13. The van der Waals surface area contributed by atoms with Gasteiger partial charge in [0.05, 0.1) is 0 Å². The van der Waals surface area contributed by atoms with Gasteiger partial charge < -0.3 is 5.32 Å². The van der Waals surface area contributed by atoms with Crippen molar-refractivity contribution in [3.8, 4) is 0 Å². The highest BCUT2D eigenvalue weighted by Gasteiger charge is 2.10. The Hall–Kier alpha value is -0.890. The third-order valence-corrected chi connectivity index (χ3v) is 2.54. The van der Waals surface area contributed by atoms with Crippen molar-refractivity contribution in [3.63, 3.8) is 0 Å². The van der Waals surface area contributed by atoms with Gasteiger partial charge in [0.1, 0.15) is 0 Å². The fraction of sp³-hybridized carbons (Fsp3) is 0.615. The topological polar surface area (TPSA) is 24.9 Å². The average Bonchev–Trinajstić information content (AvgIpc) is 2.17. The summed E-state index contributed by atoms with van der Waals surface area (Å²) in [6.45, 7) is 8.94. The van der Waals surface area contributed by atoms with Crippen LogP contribution in [0.25, 0.3) is 0 Å². The van der Waals surface area contributed by atoms with Gasteiger partial charge in [-0.05, 0) is 37.8 Å². The van der Waals surface area contributed by atoms with Gasteiger partial charge in [-0.2, -0.15) is 0 Å². The number of aromatic nitrogens is 1. The van der Waals surface area contributed by atoms with Gasteiger partial charge in [0.2, 0.25) is 0 Å². The van der Waals surface area contributed by atoms with Crippen LogP contribution in [-0.2, 0) is 0 Å². The van der Waals surface area contributed by atoms with E-state index in [-0.39, 0.29) is 0 Å². The number of rotatable bonds is 5. The fourth-order valence-corrected chi connectivity index (χ4v) is 1.93. The Morgan fingerprint density at radius 3 is 2.53 bits per heavy atom. The maximum Gasteiger partial charge on any atom is 0.0315 e. The largest absolute Gasteiger partial charge is 0.308 e. The van der Waals surface area contributed by atoms with E-state index < -0.39 is 0 Å². The van der Waals surface area contributed by atoms with Crippen molar-refractivity contribution in [2.45, 2.75) is 46.2 Å². The molecule has 2 unspecified atom stereocenters. The monoisotopic (exact) mass is 206 g/mol. The second kappa shape index (κ2) is 5.86. The minimum absolute atomic E-state index is 0.382. The third-order valence-electron chi connectivity index (χ3n) is 2.54. The average molecular weight is 206 g/mol. The molecular formula is C13H22N2. The van der Waals surface area contributed by atoms with E-state index >= 15 is 0 Å². The molecule has 1 N–H and O–H groups in total. The second-order valence-corrected chi connectivity index (χ2v) is 4.71. The molecule has 0 aliphatic heterocycles. The second-order valence-electron chi connectivity index (χ2n) is 4.71. The molecule has 0 aromatic carbocycles. The Labute approximate surface area is 93.1 Å². The molecule has 15 heavy (non-hydrogen) atoms. The van der Waals surface area contributed by atoms with Crippen LogP contribution in [0, 0.1) is 5.92 Å². The summed E-state index contributed by atoms with van der Waals surface area (Å²) in [5.41, 5.74) is 1.26. The summed E-state index contributed by atoms with van der Waals surface area (Å²) in [5, 5.41) is 3.59. The lowest BCUT2D eigenvalue weighted by Crippen LogP contribution is -2.30. The molecule has 2 atom stereocenters. The zero-order valence-electron chi connectivity index (χ0n) is 10.2. The smallest absolute Gasteiger partial charge is 0.0315 e. The standard InChI is InChI=1S/C13H22N2/c1-10(2)8-11(3)15-12(4)13-6-5-7-14-9-13/h5-7,9-12,15H,8H2,1-4H3. The summed E-state index contributed by atoms with van der Waals surface area (Å²) in [5.74, 6) is 0.744. The number of nitrogens with one attached hydrogen (secondary N) is 1. The van der Waals surface area contributed by atoms with Crippen molar-refractivity contribution in [1.29, 1.82) is 0 Å². The van der Waals surface area contributed by atoms with E-state index in [1.807, 2.05) is 18.5 Å². The van der Waals surface area contributed by atoms with Crippen molar-refractivity contribution >= 4 is 0 Å². The number of hydrogen-bond donors (Lipinski definition) is 1. The molecule has 0 spiro atoms. The van der Waals surface area contributed by atoms with Crippen LogP contribution in [-0.4, -0.2) is 11.0 Å². The highest BCUT2D eigenvalue weighted by Crippen LogP contribution is 2.13. The number of nitrogens with zero attached hydrogens (tertiary/aromatic N) is 1. The molecular weight excluding hydrogens is 184 g/mol. The predicted octanol–water partition coefficient (Wildman–Crippen LogP) is 3.17. The van der Waals surface area contributed by atoms with Crippen LogP contribution in [0.15, 0.2) is 24.5 Å². The molecule has 0 aliphatic carbocycles. The van der Waals surface area contributed by atoms with E-state index in [9.17, 15) is 0 Å². The van der Waals surface area contributed by atoms with Crippen LogP contribution in [0.2, 0.25) is 0 Å². The summed E-state index contributed by atoms with van der Waals surface area (Å²) in [7, 11) is 0. The molecule has 0 saturated heterocycles. The molecule has 0 aliphatic rings. The normalized spacial score (nSPS) is 15.3. The van der Waals surface area contributed by atoms with Crippen LogP contribution in [0.3, 0.4) is 0 Å². The molecule has 0 amide bonds. The van der Waals surface area contributed by atoms with Crippen LogP contribution in [0.1, 0.15) is 45.7 Å². The lowest BCUT2D eigenvalue weighted by atomic mass is 10.0. The Morgan fingerprint density at radius 2 is 2.00 bits per heavy atom. The first-order valence-corrected chi connectivity index (χ1v) is 5.75. The fourth-order valence-electron chi connectivity index (χ4n) is 1.93. The molecule has 0 radical (unpaired) electrons. The van der Waals surface area contributed by atoms with E-state index in [1.54, 1.807) is 0 Å². The Morgan fingerprint density at radius 1 is 1.27 bits per heavy atom. The Balaban J connectivity index is 2.45. The molecule has 0 bridgehead atoms. The van der Waals surface area contributed by atoms with E-state index in [1.165, 1.54) is 12.0 Å². The van der Waals surface area contributed by atoms with Gasteiger partial charge in [-0.15, -0.1) is 0 Å². The van der Waals surface area contributed by atoms with Crippen molar-refractivity contribution in [3.05, 3.63) is 30.1 Å². The number of hydrogen-bond acceptors (Lipinski definition) is 2. The van der Waals surface area contributed by atoms with E-state index in [2.05, 4.69) is 44.1 Å². The summed E-state index contributed by atoms with van der Waals surface area (Å²) >= 11 is 0. The number of pyridine rings is 1. The quantitative estimate of drug-likeness (QED) is 0.800. The molecule has 1 heterocycles. The SMILES string of the molecule is CC(C)CC(C)NC(C)c1cccnc1. The first kappa shape index (κ1) is 12.2. The zero-order valence-corrected chi connectivity index (χ0v) is 10.2. The summed E-state index contributed by atoms with van der Waals surface area (Å²) in [6, 6.07) is 5.04. The van der Waals surface area contributed by atoms with Gasteiger partial charge in [-0.3, -0.25) is 4.98 Å². The lowest BCUT2D eigenvalue weighted by molar-refractivity contribution is 0.406. The molecule has 2 nitrogen and oxygen atoms in total. The molecule has 1 aromatic heterocycles. The van der Waals surface area contributed by atoms with Crippen molar-refractivity contribution < 1.29 is 0 Å². The molecule has 1 aromatic rings. The van der Waals surface area contributed by atoms with Gasteiger partial charge in [-0.1, -0.05) is 19.9 Å². The van der Waals surface area contributed by atoms with E-state index in [0.717, 1.165) is 5.92 Å². The minimum atomic E-state index is 0.382. The van der Waals surface area contributed by atoms with Crippen LogP contribution < -0.4 is 5.32 Å². The van der Waals surface area contributed by atoms with Crippen LogP contribution in [0.4, 0.5) is 0 Å². The van der Waals surface area contributed by atoms with E-state index in [4.69, 9.17) is 0 Å². The lowest BCUT2D eigenvalue weighted by Gasteiger charge is -2.21. The molecule has 0 fully saturated rings. The van der Waals surface area contributed by atoms with Gasteiger partial charge in [0.15, 0.2) is 0 Å². The van der Waals surface area contributed by atoms with Gasteiger partial charge in [0.25, 0.3) is 0 Å². The Bertz CT molecular complexity index is 269. The maximum absolute atomic E-state index is 4.13. The van der Waals surface area contributed by atoms with Crippen molar-refractivity contribution in [1.82, 2.24) is 10.3 Å².